The second-order valence-corrected chi connectivity index (χ2v) is 4.53. The number of hydrogen-bond acceptors (Lipinski definition) is 5. The predicted octanol–water partition coefficient (Wildman–Crippen LogP) is 2.12. The number of amides is 1. The van der Waals surface area contributed by atoms with Gasteiger partial charge in [-0.2, -0.15) is 0 Å². The van der Waals surface area contributed by atoms with Crippen molar-refractivity contribution in [3.8, 4) is 5.82 Å². The van der Waals surface area contributed by atoms with Crippen molar-refractivity contribution in [2.24, 2.45) is 0 Å². The Balaban J connectivity index is 1.76. The summed E-state index contributed by atoms with van der Waals surface area (Å²) in [5, 5.41) is 6.37. The monoisotopic (exact) mass is 283 g/mol. The Morgan fingerprint density at radius 2 is 2.14 bits per heavy atom. The molecule has 0 aromatic carbocycles. The summed E-state index contributed by atoms with van der Waals surface area (Å²) in [6.45, 7) is 3.62. The van der Waals surface area contributed by atoms with Gasteiger partial charge < -0.3 is 9.84 Å². The summed E-state index contributed by atoms with van der Waals surface area (Å²) in [5.41, 5.74) is 0.823. The molecule has 0 fully saturated rings. The topological polar surface area (TPSA) is 85.8 Å². The summed E-state index contributed by atoms with van der Waals surface area (Å²) in [6, 6.07) is 5.15. The molecule has 3 rings (SSSR count). The smallest absolute Gasteiger partial charge is 0.277 e. The molecule has 0 radical (unpaired) electrons. The van der Waals surface area contributed by atoms with E-state index in [-0.39, 0.29) is 11.6 Å². The van der Waals surface area contributed by atoms with Gasteiger partial charge in [-0.15, -0.1) is 0 Å². The Morgan fingerprint density at radius 1 is 1.29 bits per heavy atom. The molecule has 7 heteroatoms. The first-order valence-electron chi connectivity index (χ1n) is 6.34. The molecule has 3 heterocycles. The maximum atomic E-state index is 11.9. The standard InChI is InChI=1S/C14H13N5O2/c1-9-7-12(18-21-9)14(20)17-11-3-4-13(16-8-11)19-6-5-15-10(19)2/h3-8H,1-2H3,(H,17,20). The van der Waals surface area contributed by atoms with Crippen LogP contribution in [0.4, 0.5) is 5.69 Å². The Bertz CT molecular complexity index is 773. The predicted molar refractivity (Wildman–Crippen MR) is 75.3 cm³/mol. The van der Waals surface area contributed by atoms with Crippen LogP contribution in [0.15, 0.2) is 41.3 Å². The maximum Gasteiger partial charge on any atom is 0.277 e. The minimum Gasteiger partial charge on any atom is -0.361 e. The number of carbonyl (C=O) groups is 1. The van der Waals surface area contributed by atoms with E-state index >= 15 is 0 Å². The van der Waals surface area contributed by atoms with E-state index in [0.717, 1.165) is 11.6 Å². The van der Waals surface area contributed by atoms with Gasteiger partial charge in [-0.05, 0) is 26.0 Å². The second-order valence-electron chi connectivity index (χ2n) is 4.53. The van der Waals surface area contributed by atoms with Crippen molar-refractivity contribution in [1.82, 2.24) is 19.7 Å². The third-order valence-corrected chi connectivity index (χ3v) is 2.94. The molecule has 0 saturated heterocycles. The molecule has 3 aromatic rings. The van der Waals surface area contributed by atoms with Crippen LogP contribution in [0, 0.1) is 13.8 Å². The molecule has 0 saturated carbocycles. The SMILES string of the molecule is Cc1cc(C(=O)Nc2ccc(-n3ccnc3C)nc2)no1. The van der Waals surface area contributed by atoms with Crippen molar-refractivity contribution in [3.63, 3.8) is 0 Å². The molecule has 0 aliphatic rings. The van der Waals surface area contributed by atoms with Crippen molar-refractivity contribution in [2.75, 3.05) is 5.32 Å². The number of pyridine rings is 1. The van der Waals surface area contributed by atoms with Crippen molar-refractivity contribution in [3.05, 3.63) is 54.1 Å². The summed E-state index contributed by atoms with van der Waals surface area (Å²) >= 11 is 0. The molecule has 21 heavy (non-hydrogen) atoms. The number of rotatable bonds is 3. The van der Waals surface area contributed by atoms with Crippen LogP contribution in [0.3, 0.4) is 0 Å². The molecule has 7 nitrogen and oxygen atoms in total. The third-order valence-electron chi connectivity index (χ3n) is 2.94. The molecule has 0 aliphatic carbocycles. The zero-order valence-corrected chi connectivity index (χ0v) is 11.6. The highest BCUT2D eigenvalue weighted by atomic mass is 16.5. The Labute approximate surface area is 120 Å². The normalized spacial score (nSPS) is 10.6. The molecule has 0 aliphatic heterocycles. The lowest BCUT2D eigenvalue weighted by Gasteiger charge is -2.06. The van der Waals surface area contributed by atoms with Crippen molar-refractivity contribution >= 4 is 11.6 Å². The molecule has 0 spiro atoms. The average molecular weight is 283 g/mol. The van der Waals surface area contributed by atoms with Crippen molar-refractivity contribution < 1.29 is 9.32 Å². The van der Waals surface area contributed by atoms with Crippen LogP contribution in [0.1, 0.15) is 22.1 Å². The number of anilines is 1. The van der Waals surface area contributed by atoms with Crippen LogP contribution in [0.5, 0.6) is 0 Å². The summed E-state index contributed by atoms with van der Waals surface area (Å²) in [5.74, 6) is 1.84. The van der Waals surface area contributed by atoms with Gasteiger partial charge in [0.25, 0.3) is 5.91 Å². The van der Waals surface area contributed by atoms with Crippen LogP contribution in [-0.2, 0) is 0 Å². The molecule has 0 bridgehead atoms. The quantitative estimate of drug-likeness (QED) is 0.795. The van der Waals surface area contributed by atoms with Crippen molar-refractivity contribution in [1.29, 1.82) is 0 Å². The second kappa shape index (κ2) is 5.20. The maximum absolute atomic E-state index is 11.9. The number of imidazole rings is 1. The molecule has 1 N–H and O–H groups in total. The van der Waals surface area contributed by atoms with Gasteiger partial charge in [-0.1, -0.05) is 5.16 Å². The minimum atomic E-state index is -0.333. The lowest BCUT2D eigenvalue weighted by Crippen LogP contribution is -2.12. The van der Waals surface area contributed by atoms with Crippen LogP contribution < -0.4 is 5.32 Å². The van der Waals surface area contributed by atoms with Gasteiger partial charge in [-0.3, -0.25) is 9.36 Å². The summed E-state index contributed by atoms with van der Waals surface area (Å²) in [6.07, 6.45) is 5.12. The highest BCUT2D eigenvalue weighted by molar-refractivity contribution is 6.02. The highest BCUT2D eigenvalue weighted by Gasteiger charge is 2.11. The Morgan fingerprint density at radius 3 is 2.71 bits per heavy atom. The molecular weight excluding hydrogens is 270 g/mol. The van der Waals surface area contributed by atoms with Gasteiger partial charge in [0.15, 0.2) is 5.69 Å². The fourth-order valence-corrected chi connectivity index (χ4v) is 1.89. The van der Waals surface area contributed by atoms with Gasteiger partial charge in [0, 0.05) is 18.5 Å². The fraction of sp³-hybridized carbons (Fsp3) is 0.143. The van der Waals surface area contributed by atoms with Gasteiger partial charge in [0.1, 0.15) is 17.4 Å². The largest absolute Gasteiger partial charge is 0.361 e. The highest BCUT2D eigenvalue weighted by Crippen LogP contribution is 2.12. The summed E-state index contributed by atoms with van der Waals surface area (Å²) in [4.78, 5) is 20.4. The number of nitrogens with zero attached hydrogens (tertiary/aromatic N) is 4. The zero-order chi connectivity index (χ0) is 14.8. The lowest BCUT2D eigenvalue weighted by molar-refractivity contribution is 0.101. The van der Waals surface area contributed by atoms with Crippen LogP contribution >= 0.6 is 0 Å². The van der Waals surface area contributed by atoms with E-state index in [2.05, 4.69) is 20.4 Å². The average Bonchev–Trinajstić information content (AvgIpc) is 3.08. The Kier molecular flexibility index (Phi) is 3.23. The van der Waals surface area contributed by atoms with Crippen molar-refractivity contribution in [2.45, 2.75) is 13.8 Å². The van der Waals surface area contributed by atoms with E-state index in [1.165, 1.54) is 0 Å². The van der Waals surface area contributed by atoms with Gasteiger partial charge in [0.05, 0.1) is 11.9 Å². The van der Waals surface area contributed by atoms with E-state index in [9.17, 15) is 4.79 Å². The summed E-state index contributed by atoms with van der Waals surface area (Å²) < 4.78 is 6.72. The van der Waals surface area contributed by atoms with Gasteiger partial charge in [-0.25, -0.2) is 9.97 Å². The lowest BCUT2D eigenvalue weighted by atomic mass is 10.3. The zero-order valence-electron chi connectivity index (χ0n) is 11.6. The first-order chi connectivity index (χ1) is 10.1. The van der Waals surface area contributed by atoms with E-state index in [0.29, 0.717) is 11.4 Å². The number of nitrogens with one attached hydrogen (secondary N) is 1. The van der Waals surface area contributed by atoms with E-state index in [1.54, 1.807) is 37.5 Å². The Hall–Kier alpha value is -2.96. The van der Waals surface area contributed by atoms with Gasteiger partial charge in [0.2, 0.25) is 0 Å². The number of aromatic nitrogens is 4. The fourth-order valence-electron chi connectivity index (χ4n) is 1.89. The first-order valence-corrected chi connectivity index (χ1v) is 6.34. The third kappa shape index (κ3) is 2.66. The molecule has 0 atom stereocenters. The van der Waals surface area contributed by atoms with Crippen LogP contribution in [0.25, 0.3) is 5.82 Å². The number of aryl methyl sites for hydroxylation is 2. The molecule has 106 valence electrons. The molecule has 1 amide bonds. The van der Waals surface area contributed by atoms with E-state index < -0.39 is 0 Å². The molecular formula is C14H13N5O2. The van der Waals surface area contributed by atoms with Gasteiger partial charge >= 0.3 is 0 Å². The minimum absolute atomic E-state index is 0.238. The molecule has 0 unspecified atom stereocenters. The number of hydrogen-bond donors (Lipinski definition) is 1. The van der Waals surface area contributed by atoms with Crippen LogP contribution in [-0.4, -0.2) is 25.6 Å². The molecule has 3 aromatic heterocycles. The summed E-state index contributed by atoms with van der Waals surface area (Å²) in [7, 11) is 0. The van der Waals surface area contributed by atoms with E-state index in [1.807, 2.05) is 17.7 Å². The van der Waals surface area contributed by atoms with Crippen LogP contribution in [0.2, 0.25) is 0 Å². The first kappa shape index (κ1) is 13.0. The van der Waals surface area contributed by atoms with E-state index in [4.69, 9.17) is 4.52 Å². The number of carbonyl (C=O) groups excluding carboxylic acids is 1.